The number of nitrogens with zero attached hydrogens (tertiary/aromatic N) is 5. The van der Waals surface area contributed by atoms with Gasteiger partial charge in [0.1, 0.15) is 0 Å². The highest BCUT2D eigenvalue weighted by atomic mass is 16.6. The Bertz CT molecular complexity index is 1250. The number of aromatic hydroxyl groups is 1. The number of methoxy groups -OCH3 is 2. The Labute approximate surface area is 223 Å². The van der Waals surface area contributed by atoms with E-state index in [1.165, 1.54) is 6.21 Å². The Morgan fingerprint density at radius 2 is 1.74 bits per heavy atom. The minimum atomic E-state index is -0.627. The third-order valence-electron chi connectivity index (χ3n) is 6.05. The molecule has 0 saturated heterocycles. The van der Waals surface area contributed by atoms with E-state index in [-0.39, 0.29) is 11.6 Å². The van der Waals surface area contributed by atoms with Crippen molar-refractivity contribution in [3.63, 3.8) is 0 Å². The van der Waals surface area contributed by atoms with Crippen LogP contribution in [0.15, 0.2) is 57.8 Å². The maximum Gasteiger partial charge on any atom is 0.304 e. The summed E-state index contributed by atoms with van der Waals surface area (Å²) in [6.07, 6.45) is 5.82. The quantitative estimate of drug-likeness (QED) is 0.151. The van der Waals surface area contributed by atoms with E-state index in [4.69, 9.17) is 14.3 Å². The van der Waals surface area contributed by atoms with Crippen LogP contribution in [0.1, 0.15) is 45.1 Å². The summed E-state index contributed by atoms with van der Waals surface area (Å²) in [7, 11) is 3.10. The summed E-state index contributed by atoms with van der Waals surface area (Å²) in [6.45, 7) is 6.36. The van der Waals surface area contributed by atoms with Crippen LogP contribution < -0.4 is 9.47 Å². The molecular formula is C28H37N5O5. The largest absolute Gasteiger partial charge is 0.493 e. The van der Waals surface area contributed by atoms with Crippen molar-refractivity contribution in [3.05, 3.63) is 48.0 Å². The van der Waals surface area contributed by atoms with Gasteiger partial charge in [0.2, 0.25) is 5.88 Å². The zero-order valence-corrected chi connectivity index (χ0v) is 22.6. The number of ether oxygens (including phenoxy) is 2. The van der Waals surface area contributed by atoms with Gasteiger partial charge in [-0.2, -0.15) is 0 Å². The van der Waals surface area contributed by atoms with Crippen molar-refractivity contribution in [1.82, 2.24) is 9.47 Å². The zero-order valence-electron chi connectivity index (χ0n) is 22.6. The standard InChI is InChI=1S/C28H37N5O5/c1-5-7-15-32(16-8-6-2)20-33-23-12-10-9-11-22(23)27(28(33)35)31-30-26(34)19-38-29-18-21-13-14-24(36-3)25(17-21)37-4/h9-14,17-18,35H,5-8,15-16,19-20H2,1-4H3/b29-18-,31-30?. The Balaban J connectivity index is 1.69. The molecule has 0 spiro atoms. The Kier molecular flexibility index (Phi) is 11.1. The Morgan fingerprint density at radius 3 is 2.42 bits per heavy atom. The maximum atomic E-state index is 12.3. The molecule has 1 amide bonds. The van der Waals surface area contributed by atoms with Crippen molar-refractivity contribution in [2.45, 2.75) is 46.2 Å². The van der Waals surface area contributed by atoms with E-state index in [2.05, 4.69) is 34.1 Å². The fraction of sp³-hybridized carbons (Fsp3) is 0.429. The molecule has 2 aromatic carbocycles. The fourth-order valence-corrected chi connectivity index (χ4v) is 3.99. The van der Waals surface area contributed by atoms with E-state index in [0.717, 1.165) is 49.7 Å². The summed E-state index contributed by atoms with van der Waals surface area (Å²) in [5.74, 6) is 0.505. The number of unbranched alkanes of at least 4 members (excludes halogenated alkanes) is 2. The number of carbonyl (C=O) groups excluding carboxylic acids is 1. The van der Waals surface area contributed by atoms with Crippen molar-refractivity contribution in [3.8, 4) is 17.4 Å². The van der Waals surface area contributed by atoms with Gasteiger partial charge in [0.05, 0.1) is 32.6 Å². The third kappa shape index (κ3) is 7.55. The van der Waals surface area contributed by atoms with E-state index in [0.29, 0.717) is 23.7 Å². The summed E-state index contributed by atoms with van der Waals surface area (Å²) in [5.41, 5.74) is 1.80. The predicted molar refractivity (Wildman–Crippen MR) is 148 cm³/mol. The zero-order chi connectivity index (χ0) is 27.3. The van der Waals surface area contributed by atoms with Gasteiger partial charge < -0.3 is 19.4 Å². The van der Waals surface area contributed by atoms with E-state index in [1.807, 2.05) is 28.8 Å². The highest BCUT2D eigenvalue weighted by molar-refractivity contribution is 5.95. The van der Waals surface area contributed by atoms with Crippen LogP contribution in [0.3, 0.4) is 0 Å². The molecule has 0 fully saturated rings. The smallest absolute Gasteiger partial charge is 0.304 e. The summed E-state index contributed by atoms with van der Waals surface area (Å²) in [6, 6.07) is 12.8. The number of azo groups is 1. The monoisotopic (exact) mass is 523 g/mol. The number of benzene rings is 2. The molecule has 3 rings (SSSR count). The van der Waals surface area contributed by atoms with Crippen LogP contribution in [-0.2, 0) is 16.3 Å². The first-order valence-corrected chi connectivity index (χ1v) is 12.9. The number of rotatable bonds is 15. The molecule has 1 aromatic heterocycles. The van der Waals surface area contributed by atoms with Gasteiger partial charge in [-0.1, -0.05) is 50.0 Å². The molecule has 0 aliphatic heterocycles. The molecule has 10 heteroatoms. The van der Waals surface area contributed by atoms with Crippen molar-refractivity contribution in [1.29, 1.82) is 0 Å². The van der Waals surface area contributed by atoms with Crippen LogP contribution in [-0.4, -0.2) is 60.6 Å². The summed E-state index contributed by atoms with van der Waals surface area (Å²) < 4.78 is 12.3. The second-order valence-electron chi connectivity index (χ2n) is 8.80. The lowest BCUT2D eigenvalue weighted by molar-refractivity contribution is -0.122. The van der Waals surface area contributed by atoms with Crippen molar-refractivity contribution >= 4 is 28.7 Å². The van der Waals surface area contributed by atoms with Gasteiger partial charge in [-0.05, 0) is 50.2 Å². The molecule has 0 aliphatic carbocycles. The number of aromatic nitrogens is 1. The van der Waals surface area contributed by atoms with Gasteiger partial charge in [-0.15, -0.1) is 10.2 Å². The van der Waals surface area contributed by atoms with Gasteiger partial charge in [0.15, 0.2) is 23.8 Å². The first-order chi connectivity index (χ1) is 18.5. The number of carbonyl (C=O) groups is 1. The first kappa shape index (κ1) is 28.6. The average molecular weight is 524 g/mol. The molecule has 0 aliphatic rings. The van der Waals surface area contributed by atoms with Crippen molar-refractivity contribution in [2.24, 2.45) is 15.4 Å². The molecule has 0 bridgehead atoms. The Morgan fingerprint density at radius 1 is 1.03 bits per heavy atom. The normalized spacial score (nSPS) is 11.7. The molecule has 10 nitrogen and oxygen atoms in total. The lowest BCUT2D eigenvalue weighted by atomic mass is 10.2. The topological polar surface area (TPSA) is 110 Å². The van der Waals surface area contributed by atoms with E-state index in [1.54, 1.807) is 32.4 Å². The van der Waals surface area contributed by atoms with E-state index < -0.39 is 12.5 Å². The van der Waals surface area contributed by atoms with Crippen LogP contribution in [0.5, 0.6) is 17.4 Å². The number of para-hydroxylation sites is 1. The fourth-order valence-electron chi connectivity index (χ4n) is 3.99. The lowest BCUT2D eigenvalue weighted by Crippen LogP contribution is -2.28. The molecule has 38 heavy (non-hydrogen) atoms. The maximum absolute atomic E-state index is 12.3. The van der Waals surface area contributed by atoms with Crippen LogP contribution >= 0.6 is 0 Å². The van der Waals surface area contributed by atoms with Gasteiger partial charge in [0, 0.05) is 10.9 Å². The predicted octanol–water partition coefficient (Wildman–Crippen LogP) is 5.88. The van der Waals surface area contributed by atoms with Gasteiger partial charge in [0.25, 0.3) is 0 Å². The summed E-state index contributed by atoms with van der Waals surface area (Å²) in [4.78, 5) is 19.7. The number of hydrogen-bond donors (Lipinski definition) is 1. The molecule has 0 atom stereocenters. The number of fused-ring (bicyclic) bond motifs is 1. The number of hydrogen-bond acceptors (Lipinski definition) is 8. The summed E-state index contributed by atoms with van der Waals surface area (Å²) in [5, 5.41) is 23.4. The van der Waals surface area contributed by atoms with Crippen LogP contribution in [0.25, 0.3) is 10.9 Å². The molecule has 1 N–H and O–H groups in total. The summed E-state index contributed by atoms with van der Waals surface area (Å²) >= 11 is 0. The van der Waals surface area contributed by atoms with E-state index in [9.17, 15) is 9.90 Å². The van der Waals surface area contributed by atoms with Gasteiger partial charge >= 0.3 is 5.91 Å². The van der Waals surface area contributed by atoms with Crippen LogP contribution in [0.4, 0.5) is 5.69 Å². The molecule has 0 saturated carbocycles. The van der Waals surface area contributed by atoms with Gasteiger partial charge in [-0.25, -0.2) is 0 Å². The molecule has 0 unspecified atom stereocenters. The SMILES string of the molecule is CCCCN(CCCC)Cn1c(O)c(N=NC(=O)CO/N=C\c2ccc(OC)c(OC)c2)c2ccccc21. The second kappa shape index (κ2) is 14.7. The first-order valence-electron chi connectivity index (χ1n) is 12.9. The van der Waals surface area contributed by atoms with Crippen LogP contribution in [0.2, 0.25) is 0 Å². The Hall–Kier alpha value is -3.92. The van der Waals surface area contributed by atoms with Crippen molar-refractivity contribution in [2.75, 3.05) is 33.9 Å². The second-order valence-corrected chi connectivity index (χ2v) is 8.80. The van der Waals surface area contributed by atoms with Gasteiger partial charge in [-0.3, -0.25) is 14.3 Å². The third-order valence-corrected chi connectivity index (χ3v) is 6.05. The lowest BCUT2D eigenvalue weighted by Gasteiger charge is -2.23. The highest BCUT2D eigenvalue weighted by Crippen LogP contribution is 2.39. The van der Waals surface area contributed by atoms with Crippen molar-refractivity contribution < 1.29 is 24.2 Å². The number of oxime groups is 1. The molecular weight excluding hydrogens is 486 g/mol. The molecule has 204 valence electrons. The number of amides is 1. The highest BCUT2D eigenvalue weighted by Gasteiger charge is 2.18. The average Bonchev–Trinajstić information content (AvgIpc) is 3.21. The minimum absolute atomic E-state index is 0.0202. The van der Waals surface area contributed by atoms with E-state index >= 15 is 0 Å². The molecule has 0 radical (unpaired) electrons. The molecule has 3 aromatic rings. The molecule has 1 heterocycles. The van der Waals surface area contributed by atoms with Crippen LogP contribution in [0, 0.1) is 0 Å². The minimum Gasteiger partial charge on any atom is -0.493 e.